The lowest BCUT2D eigenvalue weighted by molar-refractivity contribution is 0.541. The molecule has 0 rings (SSSR count). The minimum atomic E-state index is -3.92. The van der Waals surface area contributed by atoms with Gasteiger partial charge in [-0.05, 0) is 0 Å². The van der Waals surface area contributed by atoms with Crippen molar-refractivity contribution in [2.24, 2.45) is 0 Å². The molecule has 0 aliphatic rings. The number of rotatable bonds is 1. The van der Waals surface area contributed by atoms with Gasteiger partial charge in [0.05, 0.1) is 4.25 Å². The molecule has 40 valence electrons. The average molecular weight is 124 g/mol. The van der Waals surface area contributed by atoms with Crippen molar-refractivity contribution in [1.82, 2.24) is 0 Å². The van der Waals surface area contributed by atoms with Crippen molar-refractivity contribution < 1.29 is 12.8 Å². The van der Waals surface area contributed by atoms with Gasteiger partial charge in [0.15, 0.2) is 0 Å². The molecule has 0 aliphatic carbocycles. The van der Waals surface area contributed by atoms with Gasteiger partial charge in [-0.3, -0.25) is 0 Å². The molecule has 0 unspecified atom stereocenters. The van der Waals surface area contributed by atoms with Crippen molar-refractivity contribution in [2.75, 3.05) is 6.01 Å². The van der Waals surface area contributed by atoms with E-state index in [9.17, 15) is 12.8 Å². The summed E-state index contributed by atoms with van der Waals surface area (Å²) in [5.41, 5.74) is 0. The highest BCUT2D eigenvalue weighted by Crippen LogP contribution is 1.88. The Morgan fingerprint density at radius 3 is 2.14 bits per heavy atom. The number of alkyl halides is 1. The van der Waals surface area contributed by atoms with Crippen LogP contribution in [0.3, 0.4) is 0 Å². The number of hydrogen-bond acceptors (Lipinski definition) is 2. The number of hydrogen-bond donors (Lipinski definition) is 0. The molecule has 0 bridgehead atoms. The highest BCUT2D eigenvalue weighted by molar-refractivity contribution is 7.93. The molecule has 0 saturated heterocycles. The second-order valence-electron chi connectivity index (χ2n) is 0.796. The molecule has 0 spiro atoms. The summed E-state index contributed by atoms with van der Waals surface area (Å²) in [4.78, 5) is 0. The molecule has 0 aromatic rings. The molecule has 0 saturated carbocycles. The fourth-order valence-electron chi connectivity index (χ4n) is 0.0282. The molecule has 0 atom stereocenters. The molecular formula is C2H3FNO2S+. The SMILES string of the molecule is C#[N+]S(=O)(=O)CF. The molecule has 0 radical (unpaired) electrons. The van der Waals surface area contributed by atoms with E-state index in [2.05, 4.69) is 10.8 Å². The van der Waals surface area contributed by atoms with E-state index in [1.807, 2.05) is 0 Å². The maximum absolute atomic E-state index is 11.0. The highest BCUT2D eigenvalue weighted by Gasteiger charge is 2.15. The van der Waals surface area contributed by atoms with Crippen LogP contribution >= 0.6 is 0 Å². The zero-order valence-corrected chi connectivity index (χ0v) is 4.15. The van der Waals surface area contributed by atoms with Gasteiger partial charge in [0.2, 0.25) is 0 Å². The summed E-state index contributed by atoms with van der Waals surface area (Å²) < 4.78 is 32.6. The third-order valence-corrected chi connectivity index (χ3v) is 0.895. The van der Waals surface area contributed by atoms with Crippen LogP contribution in [0.2, 0.25) is 0 Å². The van der Waals surface area contributed by atoms with Crippen molar-refractivity contribution in [1.29, 1.82) is 0 Å². The van der Waals surface area contributed by atoms with Gasteiger partial charge in [-0.1, -0.05) is 0 Å². The molecule has 5 heteroatoms. The normalized spacial score (nSPS) is 10.3. The second kappa shape index (κ2) is 1.89. The van der Waals surface area contributed by atoms with Crippen LogP contribution in [0, 0.1) is 6.57 Å². The summed E-state index contributed by atoms with van der Waals surface area (Å²) in [5.74, 6) is 0. The van der Waals surface area contributed by atoms with Crippen molar-refractivity contribution in [3.63, 3.8) is 0 Å². The van der Waals surface area contributed by atoms with Crippen LogP contribution in [0.1, 0.15) is 0 Å². The molecule has 0 N–H and O–H groups in total. The van der Waals surface area contributed by atoms with E-state index in [0.717, 1.165) is 0 Å². The topological polar surface area (TPSA) is 38.5 Å². The minimum Gasteiger partial charge on any atom is -0.225 e. The quantitative estimate of drug-likeness (QED) is 0.501. The van der Waals surface area contributed by atoms with E-state index in [4.69, 9.17) is 0 Å². The molecule has 7 heavy (non-hydrogen) atoms. The maximum atomic E-state index is 11.0. The van der Waals surface area contributed by atoms with Gasteiger partial charge in [-0.15, -0.1) is 8.42 Å². The summed E-state index contributed by atoms with van der Waals surface area (Å²) in [6.45, 7) is 4.21. The smallest absolute Gasteiger partial charge is 0.225 e. The van der Waals surface area contributed by atoms with Gasteiger partial charge in [0.1, 0.15) is 0 Å². The Morgan fingerprint density at radius 2 is 2.14 bits per heavy atom. The van der Waals surface area contributed by atoms with Gasteiger partial charge in [-0.25, -0.2) is 4.39 Å². The third kappa shape index (κ3) is 2.11. The lowest BCUT2D eigenvalue weighted by Crippen LogP contribution is -1.91. The molecule has 0 fully saturated rings. The number of halogens is 1. The molecule has 0 aromatic heterocycles. The molecular weight excluding hydrogens is 121 g/mol. The predicted molar refractivity (Wildman–Crippen MR) is 23.2 cm³/mol. The van der Waals surface area contributed by atoms with Crippen molar-refractivity contribution >= 4 is 10.0 Å². The van der Waals surface area contributed by atoms with Crippen molar-refractivity contribution in [3.8, 4) is 6.57 Å². The first-order valence-corrected chi connectivity index (χ1v) is 2.94. The van der Waals surface area contributed by atoms with E-state index in [0.29, 0.717) is 0 Å². The first-order valence-electron chi connectivity index (χ1n) is 1.33. The Kier molecular flexibility index (Phi) is 1.72. The molecule has 0 aliphatic heterocycles. The van der Waals surface area contributed by atoms with Gasteiger partial charge in [0.25, 0.3) is 12.6 Å². The Labute approximate surface area is 40.6 Å². The summed E-state index contributed by atoms with van der Waals surface area (Å²) in [7, 11) is -3.92. The van der Waals surface area contributed by atoms with Crippen molar-refractivity contribution in [3.05, 3.63) is 4.25 Å². The van der Waals surface area contributed by atoms with E-state index in [-0.39, 0.29) is 0 Å². The lowest BCUT2D eigenvalue weighted by atomic mass is 11.8. The fourth-order valence-corrected chi connectivity index (χ4v) is 0.0845. The Hall–Kier alpha value is -0.630. The van der Waals surface area contributed by atoms with Crippen LogP contribution in [0.15, 0.2) is 0 Å². The maximum Gasteiger partial charge on any atom is 0.508 e. The van der Waals surface area contributed by atoms with Gasteiger partial charge < -0.3 is 0 Å². The van der Waals surface area contributed by atoms with E-state index in [1.54, 1.807) is 0 Å². The highest BCUT2D eigenvalue weighted by atomic mass is 32.2. The lowest BCUT2D eigenvalue weighted by Gasteiger charge is -1.64. The van der Waals surface area contributed by atoms with Crippen LogP contribution in [-0.2, 0) is 10.0 Å². The van der Waals surface area contributed by atoms with Crippen LogP contribution in [0.5, 0.6) is 0 Å². The first-order chi connectivity index (χ1) is 3.12. The molecule has 0 heterocycles. The monoisotopic (exact) mass is 124 g/mol. The Balaban J connectivity index is 4.28. The molecule has 0 aromatic carbocycles. The van der Waals surface area contributed by atoms with Crippen molar-refractivity contribution in [2.45, 2.75) is 0 Å². The first kappa shape index (κ1) is 6.37. The number of nitrogens with zero attached hydrogens (tertiary/aromatic N) is 1. The fraction of sp³-hybridized carbons (Fsp3) is 0.500. The molecule has 0 amide bonds. The summed E-state index contributed by atoms with van der Waals surface area (Å²) in [6.07, 6.45) is 0. The second-order valence-corrected chi connectivity index (χ2v) is 2.39. The van der Waals surface area contributed by atoms with E-state index in [1.165, 1.54) is 0 Å². The van der Waals surface area contributed by atoms with Crippen LogP contribution in [0.4, 0.5) is 4.39 Å². The standard InChI is InChI=1S/C2H3FNO2S/c1-4-7(5,6)2-3/h1H,2H2/q+1. The van der Waals surface area contributed by atoms with E-state index < -0.39 is 16.0 Å². The molecule has 3 nitrogen and oxygen atoms in total. The average Bonchev–Trinajstić information content (AvgIpc) is 1.68. The number of sulfonamides is 1. The third-order valence-electron chi connectivity index (χ3n) is 0.298. The van der Waals surface area contributed by atoms with Gasteiger partial charge >= 0.3 is 10.0 Å². The largest absolute Gasteiger partial charge is 0.508 e. The zero-order valence-electron chi connectivity index (χ0n) is 3.33. The zero-order chi connectivity index (χ0) is 5.91. The van der Waals surface area contributed by atoms with Crippen LogP contribution in [-0.4, -0.2) is 14.4 Å². The summed E-state index contributed by atoms with van der Waals surface area (Å²) in [5, 5.41) is 0. The van der Waals surface area contributed by atoms with Gasteiger partial charge in [0, 0.05) is 0 Å². The summed E-state index contributed by atoms with van der Waals surface area (Å²) >= 11 is 0. The minimum absolute atomic E-state index is 1.52. The van der Waals surface area contributed by atoms with Gasteiger partial charge in [-0.2, -0.15) is 0 Å². The van der Waals surface area contributed by atoms with Crippen LogP contribution < -0.4 is 0 Å². The Morgan fingerprint density at radius 1 is 1.71 bits per heavy atom. The summed E-state index contributed by atoms with van der Waals surface area (Å²) in [6, 6.07) is -1.52. The predicted octanol–water partition coefficient (Wildman–Crippen LogP) is 0.206. The van der Waals surface area contributed by atoms with E-state index >= 15 is 0 Å². The van der Waals surface area contributed by atoms with Crippen LogP contribution in [0.25, 0.3) is 4.25 Å². The Bertz CT molecular complexity index is 176.